The number of alkyl halides is 3. The Labute approximate surface area is 164 Å². The lowest BCUT2D eigenvalue weighted by molar-refractivity contribution is -0.137. The number of aryl methyl sites for hydroxylation is 2. The van der Waals surface area contributed by atoms with Gasteiger partial charge in [0.15, 0.2) is 0 Å². The molecule has 154 valence electrons. The summed E-state index contributed by atoms with van der Waals surface area (Å²) < 4.78 is 43.0. The largest absolute Gasteiger partial charge is 0.421 e. The highest BCUT2D eigenvalue weighted by Crippen LogP contribution is 2.34. The highest BCUT2D eigenvalue weighted by atomic mass is 19.4. The molecule has 0 spiro atoms. The standard InChI is InChI=1S/C17H20F3N9/c1-9-13(24-16-22-6-12(17(18,19)20)15(21-3)25-16)7-23-29(9)11-4-5-14-27-26-10(2)28(14)8-11/h6-7,11H,4-5,8H2,1-3H3,(H2,21,22,24,25). The van der Waals surface area contributed by atoms with Gasteiger partial charge in [0.1, 0.15) is 23.0 Å². The lowest BCUT2D eigenvalue weighted by Crippen LogP contribution is -2.25. The summed E-state index contributed by atoms with van der Waals surface area (Å²) in [5, 5.41) is 18.2. The number of halogens is 3. The Bertz CT molecular complexity index is 1040. The first-order valence-corrected chi connectivity index (χ1v) is 9.09. The highest BCUT2D eigenvalue weighted by molar-refractivity contribution is 5.58. The van der Waals surface area contributed by atoms with E-state index in [1.54, 1.807) is 6.20 Å². The summed E-state index contributed by atoms with van der Waals surface area (Å²) in [4.78, 5) is 7.75. The Balaban J connectivity index is 1.56. The number of hydrogen-bond donors (Lipinski definition) is 2. The zero-order chi connectivity index (χ0) is 20.8. The Hall–Kier alpha value is -3.18. The molecular formula is C17H20F3N9. The van der Waals surface area contributed by atoms with Crippen LogP contribution in [-0.2, 0) is 19.1 Å². The Kier molecular flexibility index (Phi) is 4.63. The lowest BCUT2D eigenvalue weighted by atomic mass is 10.1. The van der Waals surface area contributed by atoms with Crippen LogP contribution in [0.15, 0.2) is 12.4 Å². The maximum absolute atomic E-state index is 13.0. The van der Waals surface area contributed by atoms with Crippen LogP contribution in [0.1, 0.15) is 35.4 Å². The van der Waals surface area contributed by atoms with Gasteiger partial charge in [0.05, 0.1) is 23.6 Å². The maximum atomic E-state index is 13.0. The van der Waals surface area contributed by atoms with Gasteiger partial charge in [-0.05, 0) is 20.3 Å². The van der Waals surface area contributed by atoms with Crippen LogP contribution in [-0.4, -0.2) is 41.6 Å². The van der Waals surface area contributed by atoms with Gasteiger partial charge < -0.3 is 15.2 Å². The molecule has 0 radical (unpaired) electrons. The SMILES string of the molecule is CNc1nc(Nc2cnn(C3CCc4nnc(C)n4C3)c2C)ncc1C(F)(F)F. The first kappa shape index (κ1) is 19.2. The third-order valence-electron chi connectivity index (χ3n) is 5.07. The smallest absolute Gasteiger partial charge is 0.372 e. The first-order chi connectivity index (χ1) is 13.8. The maximum Gasteiger partial charge on any atom is 0.421 e. The van der Waals surface area contributed by atoms with Crippen LogP contribution in [0.5, 0.6) is 0 Å². The molecule has 3 aromatic heterocycles. The fraction of sp³-hybridized carbons (Fsp3) is 0.471. The van der Waals surface area contributed by atoms with E-state index in [-0.39, 0.29) is 17.8 Å². The van der Waals surface area contributed by atoms with Gasteiger partial charge in [0.25, 0.3) is 0 Å². The fourth-order valence-electron chi connectivity index (χ4n) is 3.52. The molecule has 0 fully saturated rings. The van der Waals surface area contributed by atoms with E-state index in [0.29, 0.717) is 5.69 Å². The molecule has 12 heteroatoms. The minimum absolute atomic E-state index is 0.0607. The van der Waals surface area contributed by atoms with Crippen LogP contribution in [0.3, 0.4) is 0 Å². The van der Waals surface area contributed by atoms with Crippen molar-refractivity contribution in [2.24, 2.45) is 0 Å². The number of nitrogens with one attached hydrogen (secondary N) is 2. The topological polar surface area (TPSA) is 98.4 Å². The zero-order valence-corrected chi connectivity index (χ0v) is 16.1. The second-order valence-electron chi connectivity index (χ2n) is 6.88. The van der Waals surface area contributed by atoms with Gasteiger partial charge in [-0.2, -0.15) is 23.3 Å². The Morgan fingerprint density at radius 1 is 1.17 bits per heavy atom. The number of nitrogens with zero attached hydrogens (tertiary/aromatic N) is 7. The molecule has 1 aliphatic heterocycles. The number of hydrogen-bond acceptors (Lipinski definition) is 7. The van der Waals surface area contributed by atoms with Crippen LogP contribution < -0.4 is 10.6 Å². The van der Waals surface area contributed by atoms with Gasteiger partial charge >= 0.3 is 6.18 Å². The molecule has 0 aromatic carbocycles. The quantitative estimate of drug-likeness (QED) is 0.686. The zero-order valence-electron chi connectivity index (χ0n) is 16.1. The van der Waals surface area contributed by atoms with Gasteiger partial charge in [0.2, 0.25) is 5.95 Å². The van der Waals surface area contributed by atoms with Gasteiger partial charge in [-0.1, -0.05) is 0 Å². The molecule has 0 saturated carbocycles. The van der Waals surface area contributed by atoms with Crippen LogP contribution in [0.25, 0.3) is 0 Å². The van der Waals surface area contributed by atoms with Crippen LogP contribution in [0.4, 0.5) is 30.6 Å². The summed E-state index contributed by atoms with van der Waals surface area (Å²) in [7, 11) is 1.38. The Morgan fingerprint density at radius 3 is 2.69 bits per heavy atom. The molecule has 9 nitrogen and oxygen atoms in total. The van der Waals surface area contributed by atoms with Crippen molar-refractivity contribution in [1.29, 1.82) is 0 Å². The number of anilines is 3. The number of aromatic nitrogens is 7. The average molecular weight is 407 g/mol. The molecule has 3 aromatic rings. The van der Waals surface area contributed by atoms with E-state index in [1.165, 1.54) is 7.05 Å². The molecule has 1 aliphatic rings. The van der Waals surface area contributed by atoms with E-state index in [9.17, 15) is 13.2 Å². The summed E-state index contributed by atoms with van der Waals surface area (Å²) in [6.45, 7) is 4.53. The molecule has 1 atom stereocenters. The molecule has 29 heavy (non-hydrogen) atoms. The van der Waals surface area contributed by atoms with Gasteiger partial charge in [-0.25, -0.2) is 4.98 Å². The molecule has 4 rings (SSSR count). The van der Waals surface area contributed by atoms with E-state index < -0.39 is 11.7 Å². The normalized spacial score (nSPS) is 16.6. The van der Waals surface area contributed by atoms with Gasteiger partial charge in [0, 0.05) is 26.2 Å². The van der Waals surface area contributed by atoms with E-state index in [0.717, 1.165) is 42.9 Å². The predicted molar refractivity (Wildman–Crippen MR) is 98.9 cm³/mol. The van der Waals surface area contributed by atoms with Crippen molar-refractivity contribution in [3.05, 3.63) is 35.3 Å². The second-order valence-corrected chi connectivity index (χ2v) is 6.88. The van der Waals surface area contributed by atoms with Crippen LogP contribution in [0.2, 0.25) is 0 Å². The van der Waals surface area contributed by atoms with Crippen molar-refractivity contribution in [3.8, 4) is 0 Å². The molecule has 4 heterocycles. The van der Waals surface area contributed by atoms with E-state index >= 15 is 0 Å². The van der Waals surface area contributed by atoms with E-state index in [1.807, 2.05) is 18.5 Å². The average Bonchev–Trinajstić information content (AvgIpc) is 3.23. The summed E-state index contributed by atoms with van der Waals surface area (Å²) >= 11 is 0. The molecule has 1 unspecified atom stereocenters. The fourth-order valence-corrected chi connectivity index (χ4v) is 3.52. The minimum atomic E-state index is -4.53. The van der Waals surface area contributed by atoms with Crippen molar-refractivity contribution in [2.45, 2.75) is 45.5 Å². The first-order valence-electron chi connectivity index (χ1n) is 9.09. The van der Waals surface area contributed by atoms with Crippen molar-refractivity contribution in [2.75, 3.05) is 17.7 Å². The monoisotopic (exact) mass is 407 g/mol. The molecule has 0 aliphatic carbocycles. The van der Waals surface area contributed by atoms with Crippen molar-refractivity contribution >= 4 is 17.5 Å². The summed E-state index contributed by atoms with van der Waals surface area (Å²) in [6.07, 6.45) is -0.456. The molecule has 2 N–H and O–H groups in total. The van der Waals surface area contributed by atoms with Gasteiger partial charge in [-0.3, -0.25) is 4.68 Å². The number of rotatable bonds is 4. The summed E-state index contributed by atoms with van der Waals surface area (Å²) in [5.41, 5.74) is 0.567. The Morgan fingerprint density at radius 2 is 1.97 bits per heavy atom. The second kappa shape index (κ2) is 7.01. The van der Waals surface area contributed by atoms with Crippen LogP contribution in [0, 0.1) is 13.8 Å². The molecule has 0 amide bonds. The van der Waals surface area contributed by atoms with Crippen molar-refractivity contribution in [1.82, 2.24) is 34.5 Å². The highest BCUT2D eigenvalue weighted by Gasteiger charge is 2.35. The number of fused-ring (bicyclic) bond motifs is 1. The van der Waals surface area contributed by atoms with Crippen LogP contribution >= 0.6 is 0 Å². The lowest BCUT2D eigenvalue weighted by Gasteiger charge is -2.25. The van der Waals surface area contributed by atoms with E-state index in [2.05, 4.69) is 40.5 Å². The van der Waals surface area contributed by atoms with Crippen molar-refractivity contribution < 1.29 is 13.2 Å². The third-order valence-corrected chi connectivity index (χ3v) is 5.07. The van der Waals surface area contributed by atoms with Gasteiger partial charge in [-0.15, -0.1) is 10.2 Å². The summed E-state index contributed by atoms with van der Waals surface area (Å²) in [5.74, 6) is 1.61. The molecule has 0 bridgehead atoms. The van der Waals surface area contributed by atoms with E-state index in [4.69, 9.17) is 0 Å². The van der Waals surface area contributed by atoms with Crippen molar-refractivity contribution in [3.63, 3.8) is 0 Å². The predicted octanol–water partition coefficient (Wildman–Crippen LogP) is 2.87. The summed E-state index contributed by atoms with van der Waals surface area (Å²) in [6, 6.07) is 0.133. The molecular weight excluding hydrogens is 387 g/mol. The third kappa shape index (κ3) is 3.49. The molecule has 0 saturated heterocycles. The minimum Gasteiger partial charge on any atom is -0.372 e.